The van der Waals surface area contributed by atoms with Crippen molar-refractivity contribution in [1.82, 2.24) is 9.97 Å². The first-order chi connectivity index (χ1) is 8.58. The Morgan fingerprint density at radius 1 is 1.28 bits per heavy atom. The molecule has 0 aliphatic carbocycles. The predicted octanol–water partition coefficient (Wildman–Crippen LogP) is 3.33. The van der Waals surface area contributed by atoms with Crippen molar-refractivity contribution in [3.05, 3.63) is 57.6 Å². The van der Waals surface area contributed by atoms with E-state index in [0.29, 0.717) is 22.3 Å². The lowest BCUT2D eigenvalue weighted by molar-refractivity contribution is 0.688. The Labute approximate surface area is 116 Å². The summed E-state index contributed by atoms with van der Waals surface area (Å²) in [4.78, 5) is 8.36. The minimum absolute atomic E-state index is 0.220. The number of hydrogen-bond donors (Lipinski definition) is 1. The van der Waals surface area contributed by atoms with Crippen molar-refractivity contribution < 1.29 is 0 Å². The highest BCUT2D eigenvalue weighted by Crippen LogP contribution is 2.28. The van der Waals surface area contributed by atoms with E-state index < -0.39 is 0 Å². The Hall–Kier alpha value is -1.16. The zero-order chi connectivity index (χ0) is 13.1. The van der Waals surface area contributed by atoms with Crippen LogP contribution >= 0.6 is 23.2 Å². The molecule has 0 fully saturated rings. The molecule has 94 valence electrons. The van der Waals surface area contributed by atoms with E-state index in [2.05, 4.69) is 9.97 Å². The van der Waals surface area contributed by atoms with Crippen LogP contribution in [0.5, 0.6) is 0 Å². The van der Waals surface area contributed by atoms with E-state index in [9.17, 15) is 0 Å². The third kappa shape index (κ3) is 2.99. The molecule has 1 aromatic heterocycles. The monoisotopic (exact) mass is 281 g/mol. The second-order valence-electron chi connectivity index (χ2n) is 4.05. The number of nitrogens with two attached hydrogens (primary N) is 1. The number of benzene rings is 1. The highest BCUT2D eigenvalue weighted by Gasteiger charge is 2.12. The lowest BCUT2D eigenvalue weighted by Crippen LogP contribution is -2.15. The van der Waals surface area contributed by atoms with Crippen LogP contribution in [-0.2, 0) is 6.42 Å². The Balaban J connectivity index is 2.21. The van der Waals surface area contributed by atoms with Gasteiger partial charge in [0.05, 0.1) is 21.8 Å². The van der Waals surface area contributed by atoms with Gasteiger partial charge in [0, 0.05) is 6.20 Å². The summed E-state index contributed by atoms with van der Waals surface area (Å²) in [5, 5.41) is 1.10. The van der Waals surface area contributed by atoms with Gasteiger partial charge in [0.1, 0.15) is 5.82 Å². The topological polar surface area (TPSA) is 51.8 Å². The highest BCUT2D eigenvalue weighted by atomic mass is 35.5. The Morgan fingerprint density at radius 2 is 2.06 bits per heavy atom. The van der Waals surface area contributed by atoms with E-state index in [0.717, 1.165) is 11.3 Å². The maximum Gasteiger partial charge on any atom is 0.125 e. The summed E-state index contributed by atoms with van der Waals surface area (Å²) in [6.07, 6.45) is 2.30. The molecule has 0 amide bonds. The average molecular weight is 282 g/mol. The van der Waals surface area contributed by atoms with Gasteiger partial charge >= 0.3 is 0 Å². The van der Waals surface area contributed by atoms with E-state index in [1.807, 2.05) is 25.1 Å². The molecule has 5 heteroatoms. The smallest absolute Gasteiger partial charge is 0.125 e. The van der Waals surface area contributed by atoms with Crippen LogP contribution in [0, 0.1) is 6.92 Å². The van der Waals surface area contributed by atoms with E-state index >= 15 is 0 Å². The summed E-state index contributed by atoms with van der Waals surface area (Å²) in [5.41, 5.74) is 7.85. The molecule has 0 saturated heterocycles. The summed E-state index contributed by atoms with van der Waals surface area (Å²) in [7, 11) is 0. The van der Waals surface area contributed by atoms with Gasteiger partial charge in [-0.3, -0.25) is 0 Å². The molecular weight excluding hydrogens is 269 g/mol. The SMILES string of the molecule is Cc1nccc(C(N)Cc2cccc(Cl)c2Cl)n1. The molecule has 0 aliphatic heterocycles. The lowest BCUT2D eigenvalue weighted by atomic mass is 10.0. The van der Waals surface area contributed by atoms with Crippen LogP contribution in [0.4, 0.5) is 0 Å². The van der Waals surface area contributed by atoms with Crippen molar-refractivity contribution in [2.24, 2.45) is 5.73 Å². The molecule has 0 spiro atoms. The number of nitrogens with zero attached hydrogens (tertiary/aromatic N) is 2. The first-order valence-corrected chi connectivity index (χ1v) is 6.31. The first kappa shape index (κ1) is 13.3. The zero-order valence-corrected chi connectivity index (χ0v) is 11.4. The first-order valence-electron chi connectivity index (χ1n) is 5.56. The van der Waals surface area contributed by atoms with Crippen LogP contribution in [0.25, 0.3) is 0 Å². The molecule has 0 saturated carbocycles. The second-order valence-corrected chi connectivity index (χ2v) is 4.84. The lowest BCUT2D eigenvalue weighted by Gasteiger charge is -2.13. The minimum atomic E-state index is -0.220. The third-order valence-electron chi connectivity index (χ3n) is 2.65. The van der Waals surface area contributed by atoms with Gasteiger partial charge in [0.25, 0.3) is 0 Å². The van der Waals surface area contributed by atoms with Crippen molar-refractivity contribution in [3.63, 3.8) is 0 Å². The molecule has 2 aromatic rings. The minimum Gasteiger partial charge on any atom is -0.322 e. The van der Waals surface area contributed by atoms with Gasteiger partial charge < -0.3 is 5.73 Å². The van der Waals surface area contributed by atoms with Crippen molar-refractivity contribution in [1.29, 1.82) is 0 Å². The quantitative estimate of drug-likeness (QED) is 0.939. The van der Waals surface area contributed by atoms with Crippen LogP contribution in [0.1, 0.15) is 23.1 Å². The third-order valence-corrected chi connectivity index (χ3v) is 3.51. The van der Waals surface area contributed by atoms with Crippen LogP contribution in [0.15, 0.2) is 30.5 Å². The summed E-state index contributed by atoms with van der Waals surface area (Å²) < 4.78 is 0. The second kappa shape index (κ2) is 5.65. The van der Waals surface area contributed by atoms with Crippen LogP contribution in [-0.4, -0.2) is 9.97 Å². The van der Waals surface area contributed by atoms with Gasteiger partial charge in [-0.05, 0) is 31.0 Å². The van der Waals surface area contributed by atoms with Crippen molar-refractivity contribution in [2.75, 3.05) is 0 Å². The maximum absolute atomic E-state index is 6.14. The molecule has 1 atom stereocenters. The fourth-order valence-electron chi connectivity index (χ4n) is 1.73. The standard InChI is InChI=1S/C13H13Cl2N3/c1-8-17-6-5-12(18-8)11(16)7-9-3-2-4-10(14)13(9)15/h2-6,11H,7,16H2,1H3. The van der Waals surface area contributed by atoms with E-state index in [4.69, 9.17) is 28.9 Å². The Kier molecular flexibility index (Phi) is 4.17. The van der Waals surface area contributed by atoms with Crippen LogP contribution in [0.2, 0.25) is 10.0 Å². The molecule has 1 unspecified atom stereocenters. The van der Waals surface area contributed by atoms with Crippen molar-refractivity contribution in [3.8, 4) is 0 Å². The molecule has 0 bridgehead atoms. The highest BCUT2D eigenvalue weighted by molar-refractivity contribution is 6.42. The number of rotatable bonds is 3. The number of aromatic nitrogens is 2. The summed E-state index contributed by atoms with van der Waals surface area (Å²) in [5.74, 6) is 0.708. The van der Waals surface area contributed by atoms with Crippen molar-refractivity contribution >= 4 is 23.2 Å². The van der Waals surface area contributed by atoms with Crippen LogP contribution < -0.4 is 5.73 Å². The maximum atomic E-state index is 6.14. The van der Waals surface area contributed by atoms with E-state index in [1.165, 1.54) is 0 Å². The summed E-state index contributed by atoms with van der Waals surface area (Å²) >= 11 is 12.1. The van der Waals surface area contributed by atoms with E-state index in [-0.39, 0.29) is 6.04 Å². The number of aryl methyl sites for hydroxylation is 1. The largest absolute Gasteiger partial charge is 0.322 e. The molecule has 0 aliphatic rings. The van der Waals surface area contributed by atoms with Gasteiger partial charge in [-0.1, -0.05) is 35.3 Å². The fourth-order valence-corrected chi connectivity index (χ4v) is 2.13. The van der Waals surface area contributed by atoms with Gasteiger partial charge in [0.2, 0.25) is 0 Å². The van der Waals surface area contributed by atoms with Crippen LogP contribution in [0.3, 0.4) is 0 Å². The molecule has 18 heavy (non-hydrogen) atoms. The van der Waals surface area contributed by atoms with Gasteiger partial charge in [-0.2, -0.15) is 0 Å². The van der Waals surface area contributed by atoms with Gasteiger partial charge in [0.15, 0.2) is 0 Å². The fraction of sp³-hybridized carbons (Fsp3) is 0.231. The molecule has 1 heterocycles. The zero-order valence-electron chi connectivity index (χ0n) is 9.90. The molecule has 2 rings (SSSR count). The molecule has 3 nitrogen and oxygen atoms in total. The molecule has 1 aromatic carbocycles. The summed E-state index contributed by atoms with van der Waals surface area (Å²) in [6.45, 7) is 1.84. The molecule has 0 radical (unpaired) electrons. The molecular formula is C13H13Cl2N3. The van der Waals surface area contributed by atoms with Gasteiger partial charge in [-0.15, -0.1) is 0 Å². The number of halogens is 2. The Bertz CT molecular complexity index is 558. The molecule has 2 N–H and O–H groups in total. The summed E-state index contributed by atoms with van der Waals surface area (Å²) in [6, 6.07) is 7.13. The van der Waals surface area contributed by atoms with E-state index in [1.54, 1.807) is 12.3 Å². The van der Waals surface area contributed by atoms with Crippen molar-refractivity contribution in [2.45, 2.75) is 19.4 Å². The Morgan fingerprint density at radius 3 is 2.78 bits per heavy atom. The average Bonchev–Trinajstić information content (AvgIpc) is 2.35. The van der Waals surface area contributed by atoms with Gasteiger partial charge in [-0.25, -0.2) is 9.97 Å². The predicted molar refractivity (Wildman–Crippen MR) is 73.9 cm³/mol. The number of hydrogen-bond acceptors (Lipinski definition) is 3. The normalized spacial score (nSPS) is 12.4.